The Balaban J connectivity index is 4.00. The molecule has 0 aliphatic rings. The van der Waals surface area contributed by atoms with Gasteiger partial charge in [-0.25, -0.2) is 0 Å². The summed E-state index contributed by atoms with van der Waals surface area (Å²) in [6.07, 6.45) is 84.8. The summed E-state index contributed by atoms with van der Waals surface area (Å²) in [5.41, 5.74) is 0. The average Bonchev–Trinajstić information content (AvgIpc) is 3.44. The van der Waals surface area contributed by atoms with Crippen LogP contribution in [-0.4, -0.2) is 82.3 Å². The SMILES string of the molecule is CC/C=C\C/C=C\C/C=C\C/C=C\C/C=C\CCCCCCCCCCCCCCCCCCCCCCCCCCCC(=O)OC(COC(=O)C/C=C\C/C=C\C/C=C\C/C=C\C/C=C\CC)COC(OCC[N+](C)(C)C)C(=O)[O-]. The Kier molecular flexibility index (Phi) is 58.5. The van der Waals surface area contributed by atoms with Gasteiger partial charge in [0.15, 0.2) is 12.4 Å². The van der Waals surface area contributed by atoms with Gasteiger partial charge in [-0.05, 0) is 83.5 Å². The number of carboxylic acid groups (broad SMARTS) is 1. The van der Waals surface area contributed by atoms with Crippen LogP contribution in [0, 0.1) is 0 Å². The first-order chi connectivity index (χ1) is 39.6. The molecule has 0 amide bonds. The van der Waals surface area contributed by atoms with Crippen molar-refractivity contribution >= 4 is 17.9 Å². The van der Waals surface area contributed by atoms with E-state index in [0.717, 1.165) is 77.0 Å². The second kappa shape index (κ2) is 61.8. The average molecular weight is 1130 g/mol. The molecule has 0 aliphatic heterocycles. The molecule has 2 unspecified atom stereocenters. The van der Waals surface area contributed by atoms with Gasteiger partial charge in [-0.15, -0.1) is 0 Å². The number of allylic oxidation sites excluding steroid dienone is 19. The van der Waals surface area contributed by atoms with Gasteiger partial charge in [-0.3, -0.25) is 9.59 Å². The zero-order valence-corrected chi connectivity index (χ0v) is 52.6. The van der Waals surface area contributed by atoms with Crippen molar-refractivity contribution in [2.45, 2.75) is 270 Å². The lowest BCUT2D eigenvalue weighted by Crippen LogP contribution is -2.44. The molecule has 9 heteroatoms. The van der Waals surface area contributed by atoms with E-state index in [0.29, 0.717) is 23.9 Å². The van der Waals surface area contributed by atoms with Crippen LogP contribution in [0.5, 0.6) is 0 Å². The van der Waals surface area contributed by atoms with Crippen molar-refractivity contribution in [2.24, 2.45) is 0 Å². The highest BCUT2D eigenvalue weighted by Gasteiger charge is 2.21. The monoisotopic (exact) mass is 1130 g/mol. The molecule has 0 saturated carbocycles. The van der Waals surface area contributed by atoms with Crippen LogP contribution >= 0.6 is 0 Å². The first-order valence-electron chi connectivity index (χ1n) is 32.7. The summed E-state index contributed by atoms with van der Waals surface area (Å²) in [6, 6.07) is 0. The van der Waals surface area contributed by atoms with Crippen LogP contribution in [0.25, 0.3) is 0 Å². The first kappa shape index (κ1) is 76.7. The smallest absolute Gasteiger partial charge is 0.309 e. The molecule has 0 N–H and O–H groups in total. The summed E-state index contributed by atoms with van der Waals surface area (Å²) in [5.74, 6) is -2.45. The maximum Gasteiger partial charge on any atom is 0.309 e. The van der Waals surface area contributed by atoms with Crippen LogP contribution in [-0.2, 0) is 33.3 Å². The minimum atomic E-state index is -1.64. The number of aliphatic carboxylic acids is 1. The minimum absolute atomic E-state index is 0.0572. The van der Waals surface area contributed by atoms with Gasteiger partial charge in [0, 0.05) is 6.42 Å². The summed E-state index contributed by atoms with van der Waals surface area (Å²) in [5, 5.41) is 11.8. The van der Waals surface area contributed by atoms with Gasteiger partial charge in [-0.2, -0.15) is 0 Å². The molecular weight excluding hydrogens is 1010 g/mol. The highest BCUT2D eigenvalue weighted by molar-refractivity contribution is 5.71. The molecule has 0 heterocycles. The Labute approximate surface area is 497 Å². The van der Waals surface area contributed by atoms with Crippen molar-refractivity contribution < 1.29 is 42.9 Å². The molecule has 0 fully saturated rings. The van der Waals surface area contributed by atoms with E-state index in [1.165, 1.54) is 141 Å². The standard InChI is InChI=1S/C72H121NO8/c1-6-8-10-12-14-16-18-20-22-23-24-25-26-27-28-29-30-31-32-33-34-35-36-37-38-39-40-41-42-43-44-45-46-47-49-51-53-55-57-59-61-63-70(75)81-68(67-80-72(71(76)77)78-65-64-73(3,4)5)66-79-69(74)62-60-58-56-54-52-50-48-21-19-17-15-13-11-9-7-2/h8-11,14-17,20-22,24-25,27-28,48,52,54,58,60,68,72H,6-7,12-13,18-19,23,26,29-47,49-51,53,55-57,59,61-67H2,1-5H3/b10-8-,11-9-,16-14-,17-15-,22-20-,25-24-,28-27-,48-21-,54-52-,60-58-. The van der Waals surface area contributed by atoms with E-state index in [1.54, 1.807) is 6.08 Å². The molecule has 81 heavy (non-hydrogen) atoms. The lowest BCUT2D eigenvalue weighted by molar-refractivity contribution is -0.870. The number of carbonyl (C=O) groups excluding carboxylic acids is 3. The Morgan fingerprint density at radius 3 is 1.05 bits per heavy atom. The maximum atomic E-state index is 12.9. The normalized spacial score (nSPS) is 13.5. The number of quaternary nitrogens is 1. The van der Waals surface area contributed by atoms with Crippen LogP contribution in [0.3, 0.4) is 0 Å². The number of rotatable bonds is 59. The third-order valence-electron chi connectivity index (χ3n) is 13.7. The van der Waals surface area contributed by atoms with Gasteiger partial charge < -0.3 is 33.3 Å². The summed E-state index contributed by atoms with van der Waals surface area (Å²) >= 11 is 0. The molecule has 0 bridgehead atoms. The van der Waals surface area contributed by atoms with Crippen molar-refractivity contribution in [3.05, 3.63) is 122 Å². The van der Waals surface area contributed by atoms with Gasteiger partial charge in [0.2, 0.25) is 0 Å². The van der Waals surface area contributed by atoms with E-state index in [9.17, 15) is 19.5 Å². The molecule has 0 aromatic heterocycles. The van der Waals surface area contributed by atoms with Gasteiger partial charge in [0.05, 0.1) is 46.7 Å². The Morgan fingerprint density at radius 2 is 0.704 bits per heavy atom. The molecule has 0 aromatic rings. The second-order valence-electron chi connectivity index (χ2n) is 22.7. The summed E-state index contributed by atoms with van der Waals surface area (Å²) in [7, 11) is 5.90. The first-order valence-corrected chi connectivity index (χ1v) is 32.7. The molecule has 0 radical (unpaired) electrons. The third kappa shape index (κ3) is 63.1. The van der Waals surface area contributed by atoms with Gasteiger partial charge in [-0.1, -0.05) is 283 Å². The van der Waals surface area contributed by atoms with Crippen LogP contribution in [0.4, 0.5) is 0 Å². The number of nitrogens with zero attached hydrogens (tertiary/aromatic N) is 1. The largest absolute Gasteiger partial charge is 0.545 e. The molecule has 2 atom stereocenters. The molecule has 0 aromatic carbocycles. The fourth-order valence-electron chi connectivity index (χ4n) is 8.81. The minimum Gasteiger partial charge on any atom is -0.545 e. The quantitative estimate of drug-likeness (QED) is 0.0195. The predicted octanol–water partition coefficient (Wildman–Crippen LogP) is 18.7. The highest BCUT2D eigenvalue weighted by Crippen LogP contribution is 2.17. The number of unbranched alkanes of at least 4 members (excludes halogenated alkanes) is 25. The summed E-state index contributed by atoms with van der Waals surface area (Å²) < 4.78 is 22.6. The van der Waals surface area contributed by atoms with Crippen LogP contribution < -0.4 is 5.11 Å². The molecule has 0 saturated heterocycles. The van der Waals surface area contributed by atoms with Crippen LogP contribution in [0.2, 0.25) is 0 Å². The number of esters is 2. The van der Waals surface area contributed by atoms with E-state index in [2.05, 4.69) is 117 Å². The summed E-state index contributed by atoms with van der Waals surface area (Å²) in [4.78, 5) is 37.2. The van der Waals surface area contributed by atoms with Crippen molar-refractivity contribution in [2.75, 3.05) is 47.5 Å². The van der Waals surface area contributed by atoms with Crippen molar-refractivity contribution in [3.63, 3.8) is 0 Å². The third-order valence-corrected chi connectivity index (χ3v) is 13.7. The lowest BCUT2D eigenvalue weighted by atomic mass is 10.0. The molecule has 0 rings (SSSR count). The topological polar surface area (TPSA) is 111 Å². The van der Waals surface area contributed by atoms with E-state index < -0.39 is 30.3 Å². The Bertz CT molecular complexity index is 1740. The number of hydrogen-bond acceptors (Lipinski definition) is 8. The van der Waals surface area contributed by atoms with Crippen molar-refractivity contribution in [1.29, 1.82) is 0 Å². The van der Waals surface area contributed by atoms with Crippen molar-refractivity contribution in [3.8, 4) is 0 Å². The Morgan fingerprint density at radius 1 is 0.383 bits per heavy atom. The van der Waals surface area contributed by atoms with E-state index in [4.69, 9.17) is 18.9 Å². The fourth-order valence-corrected chi connectivity index (χ4v) is 8.81. The Hall–Kier alpha value is -4.31. The number of carboxylic acids is 1. The zero-order chi connectivity index (χ0) is 59.1. The van der Waals surface area contributed by atoms with Crippen molar-refractivity contribution in [1.82, 2.24) is 0 Å². The van der Waals surface area contributed by atoms with Crippen LogP contribution in [0.1, 0.15) is 258 Å². The van der Waals surface area contributed by atoms with Crippen LogP contribution in [0.15, 0.2) is 122 Å². The molecule has 9 nitrogen and oxygen atoms in total. The van der Waals surface area contributed by atoms with Gasteiger partial charge in [0.1, 0.15) is 13.2 Å². The maximum absolute atomic E-state index is 12.9. The highest BCUT2D eigenvalue weighted by atomic mass is 16.7. The number of hydrogen-bond donors (Lipinski definition) is 0. The lowest BCUT2D eigenvalue weighted by Gasteiger charge is -2.26. The number of likely N-dealkylation sites (N-methyl/N-ethyl adjacent to an activating group) is 1. The van der Waals surface area contributed by atoms with E-state index in [-0.39, 0.29) is 32.7 Å². The molecule has 0 aliphatic carbocycles. The zero-order valence-electron chi connectivity index (χ0n) is 52.6. The number of ether oxygens (including phenoxy) is 4. The molecule has 462 valence electrons. The van der Waals surface area contributed by atoms with E-state index in [1.807, 2.05) is 33.3 Å². The van der Waals surface area contributed by atoms with Gasteiger partial charge in [0.25, 0.3) is 0 Å². The van der Waals surface area contributed by atoms with Gasteiger partial charge >= 0.3 is 11.9 Å². The molecule has 0 spiro atoms. The predicted molar refractivity (Wildman–Crippen MR) is 343 cm³/mol. The molecular formula is C72H121NO8. The van der Waals surface area contributed by atoms with E-state index >= 15 is 0 Å². The number of carbonyl (C=O) groups is 3. The second-order valence-corrected chi connectivity index (χ2v) is 22.7. The fraction of sp³-hybridized carbons (Fsp3) is 0.681. The summed E-state index contributed by atoms with van der Waals surface area (Å²) in [6.45, 7) is 4.41.